The zero-order valence-corrected chi connectivity index (χ0v) is 9.05. The van der Waals surface area contributed by atoms with E-state index in [0.717, 1.165) is 18.4 Å². The first-order valence-electron chi connectivity index (χ1n) is 5.62. The molecule has 0 amide bonds. The first-order chi connectivity index (χ1) is 6.24. The maximum absolute atomic E-state index is 5.53. The summed E-state index contributed by atoms with van der Waals surface area (Å²) in [6.07, 6.45) is 8.97. The van der Waals surface area contributed by atoms with Gasteiger partial charge in [0, 0.05) is 6.54 Å². The molecule has 1 saturated carbocycles. The topological polar surface area (TPSA) is 26.0 Å². The van der Waals surface area contributed by atoms with Gasteiger partial charge in [0.15, 0.2) is 0 Å². The molecule has 0 bridgehead atoms. The Kier molecular flexibility index (Phi) is 4.51. The van der Waals surface area contributed by atoms with E-state index in [4.69, 9.17) is 5.73 Å². The van der Waals surface area contributed by atoms with Crippen molar-refractivity contribution in [1.82, 2.24) is 0 Å². The summed E-state index contributed by atoms with van der Waals surface area (Å²) in [6, 6.07) is 0. The molecule has 0 aromatic carbocycles. The highest BCUT2D eigenvalue weighted by Gasteiger charge is 2.16. The van der Waals surface area contributed by atoms with Crippen molar-refractivity contribution in [3.63, 3.8) is 0 Å². The van der Waals surface area contributed by atoms with Gasteiger partial charge in [-0.05, 0) is 43.9 Å². The largest absolute Gasteiger partial charge is 0.327 e. The molecule has 0 heterocycles. The fourth-order valence-corrected chi connectivity index (χ4v) is 2.27. The molecule has 1 unspecified atom stereocenters. The second-order valence-corrected chi connectivity index (χ2v) is 4.53. The van der Waals surface area contributed by atoms with Crippen molar-refractivity contribution in [2.75, 3.05) is 6.54 Å². The van der Waals surface area contributed by atoms with E-state index >= 15 is 0 Å². The third-order valence-electron chi connectivity index (χ3n) is 3.26. The van der Waals surface area contributed by atoms with Crippen LogP contribution in [0.15, 0.2) is 11.6 Å². The standard InChI is InChI=1S/C12H23N/c1-10(2)12-5-3-4-11(6-7-12)8-9-13/h8,10,12H,3-7,9,13H2,1-2H3. The van der Waals surface area contributed by atoms with E-state index < -0.39 is 0 Å². The minimum absolute atomic E-state index is 0.724. The molecule has 0 aromatic heterocycles. The van der Waals surface area contributed by atoms with E-state index in [1.54, 1.807) is 5.57 Å². The molecular formula is C12H23N. The van der Waals surface area contributed by atoms with E-state index in [9.17, 15) is 0 Å². The summed E-state index contributed by atoms with van der Waals surface area (Å²) >= 11 is 0. The molecule has 0 aliphatic heterocycles. The van der Waals surface area contributed by atoms with Crippen LogP contribution in [0.25, 0.3) is 0 Å². The molecule has 1 aliphatic carbocycles. The van der Waals surface area contributed by atoms with Gasteiger partial charge in [-0.25, -0.2) is 0 Å². The molecule has 0 spiro atoms. The maximum Gasteiger partial charge on any atom is 0.0109 e. The molecular weight excluding hydrogens is 158 g/mol. The van der Waals surface area contributed by atoms with Crippen molar-refractivity contribution in [1.29, 1.82) is 0 Å². The van der Waals surface area contributed by atoms with Crippen LogP contribution in [0.2, 0.25) is 0 Å². The van der Waals surface area contributed by atoms with Gasteiger partial charge in [0.1, 0.15) is 0 Å². The summed E-state index contributed by atoms with van der Waals surface area (Å²) in [5.74, 6) is 1.81. The lowest BCUT2D eigenvalue weighted by Gasteiger charge is -2.17. The first-order valence-corrected chi connectivity index (χ1v) is 5.62. The average Bonchev–Trinajstić information content (AvgIpc) is 2.30. The SMILES string of the molecule is CC(C)C1CCCC(=CCN)CC1. The Balaban J connectivity index is 2.44. The van der Waals surface area contributed by atoms with Crippen LogP contribution in [0.3, 0.4) is 0 Å². The molecule has 1 nitrogen and oxygen atoms in total. The Morgan fingerprint density at radius 2 is 2.15 bits per heavy atom. The van der Waals surface area contributed by atoms with Gasteiger partial charge >= 0.3 is 0 Å². The minimum atomic E-state index is 0.724. The van der Waals surface area contributed by atoms with E-state index in [2.05, 4.69) is 19.9 Å². The number of hydrogen-bond donors (Lipinski definition) is 1. The Morgan fingerprint density at radius 3 is 2.77 bits per heavy atom. The highest BCUT2D eigenvalue weighted by Crippen LogP contribution is 2.30. The fourth-order valence-electron chi connectivity index (χ4n) is 2.27. The Hall–Kier alpha value is -0.300. The smallest absolute Gasteiger partial charge is 0.0109 e. The van der Waals surface area contributed by atoms with Crippen molar-refractivity contribution < 1.29 is 0 Å². The third-order valence-corrected chi connectivity index (χ3v) is 3.26. The monoisotopic (exact) mass is 181 g/mol. The van der Waals surface area contributed by atoms with Crippen LogP contribution in [0, 0.1) is 11.8 Å². The van der Waals surface area contributed by atoms with Crippen molar-refractivity contribution >= 4 is 0 Å². The van der Waals surface area contributed by atoms with Crippen LogP contribution in [0.4, 0.5) is 0 Å². The summed E-state index contributed by atoms with van der Waals surface area (Å²) in [4.78, 5) is 0. The molecule has 13 heavy (non-hydrogen) atoms. The highest BCUT2D eigenvalue weighted by molar-refractivity contribution is 5.04. The van der Waals surface area contributed by atoms with Crippen molar-refractivity contribution in [2.24, 2.45) is 17.6 Å². The van der Waals surface area contributed by atoms with Gasteiger partial charge in [0.05, 0.1) is 0 Å². The van der Waals surface area contributed by atoms with Gasteiger partial charge in [-0.2, -0.15) is 0 Å². The van der Waals surface area contributed by atoms with Gasteiger partial charge in [-0.1, -0.05) is 25.5 Å². The van der Waals surface area contributed by atoms with Crippen molar-refractivity contribution in [2.45, 2.75) is 46.0 Å². The lowest BCUT2D eigenvalue weighted by atomic mass is 9.89. The number of nitrogens with two attached hydrogens (primary N) is 1. The third kappa shape index (κ3) is 3.51. The molecule has 2 N–H and O–H groups in total. The van der Waals surface area contributed by atoms with Gasteiger partial charge in [-0.3, -0.25) is 0 Å². The number of rotatable bonds is 2. The van der Waals surface area contributed by atoms with E-state index in [-0.39, 0.29) is 0 Å². The van der Waals surface area contributed by atoms with Crippen LogP contribution in [-0.2, 0) is 0 Å². The van der Waals surface area contributed by atoms with E-state index in [1.165, 1.54) is 32.1 Å². The van der Waals surface area contributed by atoms with Crippen LogP contribution in [0.5, 0.6) is 0 Å². The van der Waals surface area contributed by atoms with Crippen LogP contribution in [-0.4, -0.2) is 6.54 Å². The van der Waals surface area contributed by atoms with Gasteiger partial charge < -0.3 is 5.73 Å². The average molecular weight is 181 g/mol. The maximum atomic E-state index is 5.53. The van der Waals surface area contributed by atoms with Gasteiger partial charge in [0.2, 0.25) is 0 Å². The first kappa shape index (κ1) is 10.8. The van der Waals surface area contributed by atoms with E-state index in [1.807, 2.05) is 0 Å². The van der Waals surface area contributed by atoms with Gasteiger partial charge in [0.25, 0.3) is 0 Å². The normalized spacial score (nSPS) is 28.0. The summed E-state index contributed by atoms with van der Waals surface area (Å²) in [5.41, 5.74) is 7.13. The number of allylic oxidation sites excluding steroid dienone is 1. The van der Waals surface area contributed by atoms with E-state index in [0.29, 0.717) is 0 Å². The Labute approximate surface area is 82.4 Å². The molecule has 1 heteroatoms. The van der Waals surface area contributed by atoms with Crippen LogP contribution in [0.1, 0.15) is 46.0 Å². The number of hydrogen-bond acceptors (Lipinski definition) is 1. The van der Waals surface area contributed by atoms with Crippen LogP contribution >= 0.6 is 0 Å². The molecule has 1 atom stereocenters. The van der Waals surface area contributed by atoms with Crippen LogP contribution < -0.4 is 5.73 Å². The van der Waals surface area contributed by atoms with Crippen molar-refractivity contribution in [3.05, 3.63) is 11.6 Å². The zero-order chi connectivity index (χ0) is 9.68. The Morgan fingerprint density at radius 1 is 1.38 bits per heavy atom. The predicted octanol–water partition coefficient (Wildman–Crippen LogP) is 3.11. The Bertz CT molecular complexity index is 170. The molecule has 0 saturated heterocycles. The van der Waals surface area contributed by atoms with Crippen molar-refractivity contribution in [3.8, 4) is 0 Å². The second-order valence-electron chi connectivity index (χ2n) is 4.53. The summed E-state index contributed by atoms with van der Waals surface area (Å²) in [5, 5.41) is 0. The lowest BCUT2D eigenvalue weighted by molar-refractivity contribution is 0.344. The second kappa shape index (κ2) is 5.43. The lowest BCUT2D eigenvalue weighted by Crippen LogP contribution is -2.06. The quantitative estimate of drug-likeness (QED) is 0.514. The summed E-state index contributed by atoms with van der Waals surface area (Å²) in [7, 11) is 0. The predicted molar refractivity (Wildman–Crippen MR) is 58.6 cm³/mol. The zero-order valence-electron chi connectivity index (χ0n) is 9.05. The summed E-state index contributed by atoms with van der Waals surface area (Å²) in [6.45, 7) is 5.42. The molecule has 1 rings (SSSR count). The molecule has 1 fully saturated rings. The molecule has 0 aromatic rings. The summed E-state index contributed by atoms with van der Waals surface area (Å²) < 4.78 is 0. The highest BCUT2D eigenvalue weighted by atomic mass is 14.5. The molecule has 1 aliphatic rings. The molecule has 0 radical (unpaired) electrons. The minimum Gasteiger partial charge on any atom is -0.327 e. The molecule has 76 valence electrons. The van der Waals surface area contributed by atoms with Gasteiger partial charge in [-0.15, -0.1) is 0 Å². The fraction of sp³-hybridized carbons (Fsp3) is 0.833.